The zero-order valence-corrected chi connectivity index (χ0v) is 23.2. The largest absolute Gasteiger partial charge is 0.353 e. The molecule has 1 atom stereocenters. The average Bonchev–Trinajstić information content (AvgIpc) is 3.59. The van der Waals surface area contributed by atoms with Gasteiger partial charge in [-0.1, -0.05) is 42.0 Å². The molecule has 2 aliphatic heterocycles. The Balaban J connectivity index is 1.20. The van der Waals surface area contributed by atoms with Crippen LogP contribution in [0.15, 0.2) is 66.9 Å². The van der Waals surface area contributed by atoms with Gasteiger partial charge in [0.15, 0.2) is 0 Å². The lowest BCUT2D eigenvalue weighted by molar-refractivity contribution is 0.0735. The number of pyridine rings is 1. The van der Waals surface area contributed by atoms with E-state index in [4.69, 9.17) is 5.73 Å². The molecule has 2 fully saturated rings. The summed E-state index contributed by atoms with van der Waals surface area (Å²) in [5.41, 5.74) is 11.4. The molecule has 4 aromatic rings. The lowest BCUT2D eigenvalue weighted by Gasteiger charge is -2.35. The van der Waals surface area contributed by atoms with Crippen molar-refractivity contribution in [3.63, 3.8) is 0 Å². The van der Waals surface area contributed by atoms with Crippen molar-refractivity contribution in [1.29, 1.82) is 0 Å². The zero-order valence-electron chi connectivity index (χ0n) is 23.2. The molecular formula is C32H36N6O2. The van der Waals surface area contributed by atoms with Crippen molar-refractivity contribution in [3.8, 4) is 11.3 Å². The van der Waals surface area contributed by atoms with Crippen molar-refractivity contribution in [2.45, 2.75) is 25.8 Å². The number of nitrogens with zero attached hydrogens (tertiary/aromatic N) is 5. The van der Waals surface area contributed by atoms with Crippen LogP contribution in [0, 0.1) is 6.92 Å². The van der Waals surface area contributed by atoms with Gasteiger partial charge in [-0.05, 0) is 49.6 Å². The number of aryl methyl sites for hydroxylation is 2. The van der Waals surface area contributed by atoms with Crippen LogP contribution in [0.4, 0.5) is 5.82 Å². The summed E-state index contributed by atoms with van der Waals surface area (Å²) in [5.74, 6) is 0.886. The van der Waals surface area contributed by atoms with Crippen molar-refractivity contribution >= 4 is 28.5 Å². The molecule has 2 N–H and O–H groups in total. The van der Waals surface area contributed by atoms with E-state index in [0.717, 1.165) is 58.5 Å². The molecule has 206 valence electrons. The zero-order chi connectivity index (χ0) is 27.8. The molecule has 6 rings (SSSR count). The Hall–Kier alpha value is -4.17. The molecule has 8 nitrogen and oxygen atoms in total. The fourth-order valence-corrected chi connectivity index (χ4v) is 6.22. The van der Waals surface area contributed by atoms with Crippen LogP contribution in [0.1, 0.15) is 39.1 Å². The summed E-state index contributed by atoms with van der Waals surface area (Å²) >= 11 is 0. The van der Waals surface area contributed by atoms with Crippen LogP contribution in [0.5, 0.6) is 0 Å². The average molecular weight is 537 g/mol. The molecule has 2 aliphatic rings. The molecular weight excluding hydrogens is 500 g/mol. The highest BCUT2D eigenvalue weighted by Gasteiger charge is 2.30. The van der Waals surface area contributed by atoms with Gasteiger partial charge in [-0.15, -0.1) is 0 Å². The summed E-state index contributed by atoms with van der Waals surface area (Å²) in [4.78, 5) is 37.7. The van der Waals surface area contributed by atoms with Crippen molar-refractivity contribution in [2.24, 2.45) is 12.8 Å². The smallest absolute Gasteiger partial charge is 0.256 e. The summed E-state index contributed by atoms with van der Waals surface area (Å²) in [5, 5.41) is 0.991. The molecule has 2 amide bonds. The highest BCUT2D eigenvalue weighted by atomic mass is 16.2. The van der Waals surface area contributed by atoms with Crippen molar-refractivity contribution in [2.75, 3.05) is 44.2 Å². The lowest BCUT2D eigenvalue weighted by atomic mass is 10.0. The van der Waals surface area contributed by atoms with Crippen LogP contribution in [0.25, 0.3) is 22.2 Å². The van der Waals surface area contributed by atoms with Crippen molar-refractivity contribution < 1.29 is 9.59 Å². The van der Waals surface area contributed by atoms with Crippen molar-refractivity contribution in [1.82, 2.24) is 19.4 Å². The maximum absolute atomic E-state index is 14.1. The van der Waals surface area contributed by atoms with Gasteiger partial charge in [0, 0.05) is 69.5 Å². The third kappa shape index (κ3) is 4.62. The number of likely N-dealkylation sites (tertiary alicyclic amines) is 1. The Morgan fingerprint density at radius 2 is 1.73 bits per heavy atom. The normalized spacial score (nSPS) is 17.6. The second-order valence-corrected chi connectivity index (χ2v) is 10.9. The van der Waals surface area contributed by atoms with E-state index in [1.54, 1.807) is 6.20 Å². The Morgan fingerprint density at radius 3 is 2.42 bits per heavy atom. The molecule has 2 saturated heterocycles. The Labute approximate surface area is 235 Å². The molecule has 0 radical (unpaired) electrons. The minimum absolute atomic E-state index is 0.00182. The quantitative estimate of drug-likeness (QED) is 0.416. The predicted octanol–water partition coefficient (Wildman–Crippen LogP) is 4.07. The number of amides is 2. The third-order valence-electron chi connectivity index (χ3n) is 8.41. The molecule has 40 heavy (non-hydrogen) atoms. The van der Waals surface area contributed by atoms with E-state index in [1.807, 2.05) is 47.2 Å². The SMILES string of the molecule is Cc1ccc2c(c1)c(C(=O)N1CCN(c3ccc(C(=O)N4CCC[C@H]4CN)cn3)CC1)c(-c1ccccc1)n2C. The van der Waals surface area contributed by atoms with Crippen LogP contribution in [-0.2, 0) is 7.05 Å². The number of rotatable bonds is 5. The van der Waals surface area contributed by atoms with Gasteiger partial charge >= 0.3 is 0 Å². The first-order chi connectivity index (χ1) is 19.5. The molecule has 0 spiro atoms. The number of carbonyl (C=O) groups is 2. The third-order valence-corrected chi connectivity index (χ3v) is 8.41. The van der Waals surface area contributed by atoms with Gasteiger partial charge in [-0.25, -0.2) is 4.98 Å². The standard InChI is InChI=1S/C32H36N6O2/c1-22-10-12-27-26(19-22)29(30(35(27)2)23-7-4-3-5-8-23)32(40)37-17-15-36(16-18-37)28-13-11-24(21-34-28)31(39)38-14-6-9-25(38)20-33/h3-5,7-8,10-13,19,21,25H,6,9,14-18,20,33H2,1-2H3/t25-/m0/s1. The fraction of sp³-hybridized carbons (Fsp3) is 0.344. The minimum atomic E-state index is 0.00182. The Kier molecular flexibility index (Phi) is 7.02. The summed E-state index contributed by atoms with van der Waals surface area (Å²) < 4.78 is 2.14. The molecule has 2 aromatic carbocycles. The number of piperazine rings is 1. The van der Waals surface area contributed by atoms with Gasteiger partial charge in [0.25, 0.3) is 11.8 Å². The molecule has 0 unspecified atom stereocenters. The minimum Gasteiger partial charge on any atom is -0.353 e. The van der Waals surface area contributed by atoms with E-state index in [-0.39, 0.29) is 17.9 Å². The lowest BCUT2D eigenvalue weighted by Crippen LogP contribution is -2.49. The monoisotopic (exact) mass is 536 g/mol. The van der Waals surface area contributed by atoms with E-state index in [2.05, 4.69) is 51.7 Å². The summed E-state index contributed by atoms with van der Waals surface area (Å²) in [6.07, 6.45) is 3.63. The maximum atomic E-state index is 14.1. The fourth-order valence-electron chi connectivity index (χ4n) is 6.22. The van der Waals surface area contributed by atoms with Gasteiger partial charge in [0.05, 0.1) is 16.8 Å². The first-order valence-corrected chi connectivity index (χ1v) is 14.1. The molecule has 0 aliphatic carbocycles. The molecule has 2 aromatic heterocycles. The number of fused-ring (bicyclic) bond motifs is 1. The van der Waals surface area contributed by atoms with E-state index >= 15 is 0 Å². The topological polar surface area (TPSA) is 87.7 Å². The van der Waals surface area contributed by atoms with Gasteiger partial charge in [-0.2, -0.15) is 0 Å². The van der Waals surface area contributed by atoms with Crippen LogP contribution >= 0.6 is 0 Å². The summed E-state index contributed by atoms with van der Waals surface area (Å²) in [7, 11) is 2.04. The molecule has 4 heterocycles. The van der Waals surface area contributed by atoms with Crippen LogP contribution in [0.3, 0.4) is 0 Å². The van der Waals surface area contributed by atoms with E-state index in [9.17, 15) is 9.59 Å². The number of benzene rings is 2. The maximum Gasteiger partial charge on any atom is 0.256 e. The Bertz CT molecular complexity index is 1540. The first kappa shape index (κ1) is 26.1. The second kappa shape index (κ2) is 10.8. The molecule has 0 saturated carbocycles. The van der Waals surface area contributed by atoms with E-state index in [0.29, 0.717) is 38.3 Å². The highest BCUT2D eigenvalue weighted by molar-refractivity contribution is 6.13. The summed E-state index contributed by atoms with van der Waals surface area (Å²) in [6.45, 7) is 5.87. The predicted molar refractivity (Wildman–Crippen MR) is 159 cm³/mol. The number of hydrogen-bond acceptors (Lipinski definition) is 5. The number of anilines is 1. The van der Waals surface area contributed by atoms with Crippen LogP contribution < -0.4 is 10.6 Å². The highest BCUT2D eigenvalue weighted by Crippen LogP contribution is 2.35. The van der Waals surface area contributed by atoms with Crippen LogP contribution in [-0.4, -0.2) is 76.5 Å². The van der Waals surface area contributed by atoms with Gasteiger partial charge in [-0.3, -0.25) is 9.59 Å². The number of hydrogen-bond donors (Lipinski definition) is 1. The second-order valence-electron chi connectivity index (χ2n) is 10.9. The van der Waals surface area contributed by atoms with Gasteiger partial charge in [0.2, 0.25) is 0 Å². The molecule has 0 bridgehead atoms. The Morgan fingerprint density at radius 1 is 0.950 bits per heavy atom. The van der Waals surface area contributed by atoms with E-state index in [1.165, 1.54) is 0 Å². The summed E-state index contributed by atoms with van der Waals surface area (Å²) in [6, 6.07) is 20.4. The van der Waals surface area contributed by atoms with Crippen molar-refractivity contribution in [3.05, 3.63) is 83.6 Å². The van der Waals surface area contributed by atoms with Gasteiger partial charge < -0.3 is 25.0 Å². The molecule has 8 heteroatoms. The number of nitrogens with two attached hydrogens (primary N) is 1. The first-order valence-electron chi connectivity index (χ1n) is 14.1. The number of aromatic nitrogens is 2. The van der Waals surface area contributed by atoms with E-state index < -0.39 is 0 Å². The number of carbonyl (C=O) groups excluding carboxylic acids is 2. The van der Waals surface area contributed by atoms with Crippen LogP contribution in [0.2, 0.25) is 0 Å². The van der Waals surface area contributed by atoms with Gasteiger partial charge in [0.1, 0.15) is 5.82 Å².